The van der Waals surface area contributed by atoms with E-state index < -0.39 is 0 Å². The first-order valence-electron chi connectivity index (χ1n) is 8.51. The number of hydrogen-bond acceptors (Lipinski definition) is 2. The average Bonchev–Trinajstić information content (AvgIpc) is 2.61. The van der Waals surface area contributed by atoms with Gasteiger partial charge >= 0.3 is 6.03 Å². The van der Waals surface area contributed by atoms with Gasteiger partial charge in [0, 0.05) is 28.4 Å². The Morgan fingerprint density at radius 3 is 2.31 bits per heavy atom. The van der Waals surface area contributed by atoms with Crippen LogP contribution in [0.2, 0.25) is 5.02 Å². The van der Waals surface area contributed by atoms with Crippen LogP contribution in [-0.2, 0) is 6.54 Å². The molecule has 0 heterocycles. The molecule has 0 aromatic heterocycles. The van der Waals surface area contributed by atoms with E-state index in [0.717, 1.165) is 12.0 Å². The summed E-state index contributed by atoms with van der Waals surface area (Å²) < 4.78 is 0. The minimum absolute atomic E-state index is 0.133. The lowest BCUT2D eigenvalue weighted by molar-refractivity contribution is 0.0911. The number of urea groups is 1. The minimum Gasteiger partial charge on any atom is -0.347 e. The van der Waals surface area contributed by atoms with Gasteiger partial charge in [0.2, 0.25) is 0 Å². The van der Waals surface area contributed by atoms with Crippen molar-refractivity contribution in [3.8, 4) is 0 Å². The molecule has 5 nitrogen and oxygen atoms in total. The predicted octanol–water partition coefficient (Wildman–Crippen LogP) is 4.58. The van der Waals surface area contributed by atoms with Gasteiger partial charge in [-0.15, -0.1) is 0 Å². The Labute approximate surface area is 159 Å². The van der Waals surface area contributed by atoms with Crippen molar-refractivity contribution >= 4 is 29.2 Å². The van der Waals surface area contributed by atoms with Crippen LogP contribution in [0.4, 0.5) is 10.5 Å². The van der Waals surface area contributed by atoms with Crippen molar-refractivity contribution < 1.29 is 9.59 Å². The van der Waals surface area contributed by atoms with Gasteiger partial charge in [-0.05, 0) is 56.2 Å². The van der Waals surface area contributed by atoms with Crippen molar-refractivity contribution in [3.05, 3.63) is 64.7 Å². The zero-order chi connectivity index (χ0) is 19.2. The third-order valence-electron chi connectivity index (χ3n) is 4.14. The fraction of sp³-hybridized carbons (Fsp3) is 0.300. The highest BCUT2D eigenvalue weighted by Crippen LogP contribution is 2.15. The van der Waals surface area contributed by atoms with Gasteiger partial charge in [0.25, 0.3) is 5.91 Å². The molecule has 0 bridgehead atoms. The standard InChI is InChI=1S/C20H24ClN3O2/c1-4-20(2,3)24-18(25)14-9-11-16(12-10-14)23-19(26)22-13-15-7-5-6-8-17(15)21/h5-12H,4,13H2,1-3H3,(H,24,25)(H2,22,23,26). The van der Waals surface area contributed by atoms with Crippen LogP contribution in [0.3, 0.4) is 0 Å². The lowest BCUT2D eigenvalue weighted by Gasteiger charge is -2.24. The van der Waals surface area contributed by atoms with Crippen LogP contribution >= 0.6 is 11.6 Å². The third-order valence-corrected chi connectivity index (χ3v) is 4.51. The van der Waals surface area contributed by atoms with E-state index in [-0.39, 0.29) is 17.5 Å². The highest BCUT2D eigenvalue weighted by Gasteiger charge is 2.18. The molecule has 0 fully saturated rings. The topological polar surface area (TPSA) is 70.2 Å². The van der Waals surface area contributed by atoms with Crippen molar-refractivity contribution in [2.45, 2.75) is 39.3 Å². The Morgan fingerprint density at radius 2 is 1.69 bits per heavy atom. The maximum atomic E-state index is 12.2. The smallest absolute Gasteiger partial charge is 0.319 e. The lowest BCUT2D eigenvalue weighted by Crippen LogP contribution is -2.42. The molecular formula is C20H24ClN3O2. The second-order valence-electron chi connectivity index (χ2n) is 6.67. The zero-order valence-corrected chi connectivity index (χ0v) is 16.0. The summed E-state index contributed by atoms with van der Waals surface area (Å²) in [5.41, 5.74) is 1.74. The summed E-state index contributed by atoms with van der Waals surface area (Å²) >= 11 is 6.06. The van der Waals surface area contributed by atoms with Gasteiger partial charge in [-0.1, -0.05) is 36.7 Å². The normalized spacial score (nSPS) is 10.9. The largest absolute Gasteiger partial charge is 0.347 e. The van der Waals surface area contributed by atoms with Gasteiger partial charge in [-0.2, -0.15) is 0 Å². The molecule has 0 unspecified atom stereocenters. The van der Waals surface area contributed by atoms with Gasteiger partial charge in [-0.25, -0.2) is 4.79 Å². The van der Waals surface area contributed by atoms with Crippen LogP contribution in [0.5, 0.6) is 0 Å². The Balaban J connectivity index is 1.89. The number of carbonyl (C=O) groups is 2. The van der Waals surface area contributed by atoms with Gasteiger partial charge in [0.15, 0.2) is 0 Å². The molecule has 0 aliphatic heterocycles. The van der Waals surface area contributed by atoms with Crippen LogP contribution in [0.1, 0.15) is 43.1 Å². The molecule has 0 atom stereocenters. The zero-order valence-electron chi connectivity index (χ0n) is 15.2. The summed E-state index contributed by atoms with van der Waals surface area (Å²) in [4.78, 5) is 24.2. The predicted molar refractivity (Wildman–Crippen MR) is 106 cm³/mol. The number of carbonyl (C=O) groups excluding carboxylic acids is 2. The molecule has 6 heteroatoms. The number of halogens is 1. The van der Waals surface area contributed by atoms with E-state index >= 15 is 0 Å². The minimum atomic E-state index is -0.339. The number of amides is 3. The summed E-state index contributed by atoms with van der Waals surface area (Å²) in [6.45, 7) is 6.31. The molecule has 138 valence electrons. The molecule has 3 N–H and O–H groups in total. The van der Waals surface area contributed by atoms with Gasteiger partial charge < -0.3 is 16.0 Å². The molecule has 0 saturated carbocycles. The maximum absolute atomic E-state index is 12.2. The maximum Gasteiger partial charge on any atom is 0.319 e. The van der Waals surface area contributed by atoms with E-state index in [1.54, 1.807) is 30.3 Å². The van der Waals surface area contributed by atoms with Crippen molar-refractivity contribution in [1.82, 2.24) is 10.6 Å². The summed E-state index contributed by atoms with van der Waals surface area (Å²) in [6.07, 6.45) is 0.837. The summed E-state index contributed by atoms with van der Waals surface area (Å²) in [5.74, 6) is -0.133. The molecule has 26 heavy (non-hydrogen) atoms. The van der Waals surface area contributed by atoms with E-state index in [9.17, 15) is 9.59 Å². The Bertz CT molecular complexity index is 773. The van der Waals surface area contributed by atoms with Crippen LogP contribution in [0, 0.1) is 0 Å². The number of rotatable bonds is 6. The fourth-order valence-corrected chi connectivity index (χ4v) is 2.37. The summed E-state index contributed by atoms with van der Waals surface area (Å²) in [6, 6.07) is 13.8. The first kappa shape index (κ1) is 19.8. The number of hydrogen-bond donors (Lipinski definition) is 3. The average molecular weight is 374 g/mol. The monoisotopic (exact) mass is 373 g/mol. The first-order valence-corrected chi connectivity index (χ1v) is 8.89. The Hall–Kier alpha value is -2.53. The first-order chi connectivity index (χ1) is 12.3. The Morgan fingerprint density at radius 1 is 1.04 bits per heavy atom. The summed E-state index contributed by atoms with van der Waals surface area (Å²) in [5, 5.41) is 9.07. The van der Waals surface area contributed by atoms with Gasteiger partial charge in [0.05, 0.1) is 0 Å². The van der Waals surface area contributed by atoms with Crippen LogP contribution in [0.15, 0.2) is 48.5 Å². The highest BCUT2D eigenvalue weighted by atomic mass is 35.5. The fourth-order valence-electron chi connectivity index (χ4n) is 2.17. The van der Waals surface area contributed by atoms with Crippen LogP contribution in [-0.4, -0.2) is 17.5 Å². The number of anilines is 1. The molecule has 2 aromatic carbocycles. The Kier molecular flexibility index (Phi) is 6.64. The molecule has 0 saturated heterocycles. The molecule has 0 spiro atoms. The lowest BCUT2D eigenvalue weighted by atomic mass is 10.0. The van der Waals surface area contributed by atoms with E-state index in [1.807, 2.05) is 39.0 Å². The summed E-state index contributed by atoms with van der Waals surface area (Å²) in [7, 11) is 0. The van der Waals surface area contributed by atoms with E-state index in [0.29, 0.717) is 22.8 Å². The SMILES string of the molecule is CCC(C)(C)NC(=O)c1ccc(NC(=O)NCc2ccccc2Cl)cc1. The second kappa shape index (κ2) is 8.72. The van der Waals surface area contributed by atoms with E-state index in [2.05, 4.69) is 16.0 Å². The quantitative estimate of drug-likeness (QED) is 0.693. The molecule has 0 radical (unpaired) electrons. The molecule has 3 amide bonds. The van der Waals surface area contributed by atoms with Gasteiger partial charge in [-0.3, -0.25) is 4.79 Å². The molecule has 2 rings (SSSR count). The van der Waals surface area contributed by atoms with Crippen LogP contribution in [0.25, 0.3) is 0 Å². The molecule has 0 aliphatic rings. The molecular weight excluding hydrogens is 350 g/mol. The van der Waals surface area contributed by atoms with Crippen molar-refractivity contribution in [1.29, 1.82) is 0 Å². The number of nitrogens with one attached hydrogen (secondary N) is 3. The number of benzene rings is 2. The van der Waals surface area contributed by atoms with E-state index in [4.69, 9.17) is 11.6 Å². The van der Waals surface area contributed by atoms with Crippen molar-refractivity contribution in [2.24, 2.45) is 0 Å². The molecule has 0 aliphatic carbocycles. The molecule has 2 aromatic rings. The second-order valence-corrected chi connectivity index (χ2v) is 7.08. The van der Waals surface area contributed by atoms with Crippen LogP contribution < -0.4 is 16.0 Å². The van der Waals surface area contributed by atoms with E-state index in [1.165, 1.54) is 0 Å². The van der Waals surface area contributed by atoms with Crippen molar-refractivity contribution in [2.75, 3.05) is 5.32 Å². The highest BCUT2D eigenvalue weighted by molar-refractivity contribution is 6.31. The van der Waals surface area contributed by atoms with Gasteiger partial charge in [0.1, 0.15) is 0 Å². The third kappa shape index (κ3) is 5.77. The van der Waals surface area contributed by atoms with Crippen molar-refractivity contribution in [3.63, 3.8) is 0 Å².